The van der Waals surface area contributed by atoms with Crippen molar-refractivity contribution in [1.82, 2.24) is 10.2 Å². The number of halogens is 2. The van der Waals surface area contributed by atoms with Crippen molar-refractivity contribution in [3.63, 3.8) is 0 Å². The van der Waals surface area contributed by atoms with Crippen LogP contribution in [0.4, 0.5) is 14.5 Å². The number of hydrogen-bond acceptors (Lipinski definition) is 4. The molecular formula is C25H33F2N3O4S. The van der Waals surface area contributed by atoms with Gasteiger partial charge in [-0.3, -0.25) is 13.9 Å². The summed E-state index contributed by atoms with van der Waals surface area (Å²) in [6.07, 6.45) is 1.87. The molecule has 1 N–H and O–H groups in total. The topological polar surface area (TPSA) is 86.8 Å². The minimum atomic E-state index is -4.03. The fraction of sp³-hybridized carbons (Fsp3) is 0.440. The van der Waals surface area contributed by atoms with Crippen LogP contribution < -0.4 is 9.62 Å². The van der Waals surface area contributed by atoms with E-state index in [0.29, 0.717) is 17.1 Å². The first-order valence-corrected chi connectivity index (χ1v) is 13.3. The lowest BCUT2D eigenvalue weighted by Gasteiger charge is -2.33. The van der Waals surface area contributed by atoms with Crippen molar-refractivity contribution in [2.75, 3.05) is 17.1 Å². The fourth-order valence-electron chi connectivity index (χ4n) is 3.50. The normalized spacial score (nSPS) is 13.1. The second kappa shape index (κ2) is 12.1. The number of nitrogens with zero attached hydrogens (tertiary/aromatic N) is 2. The molecule has 0 radical (unpaired) electrons. The molecule has 0 fully saturated rings. The van der Waals surface area contributed by atoms with Gasteiger partial charge in [-0.05, 0) is 44.4 Å². The highest BCUT2D eigenvalue weighted by atomic mass is 32.2. The zero-order chi connectivity index (χ0) is 26.3. The molecule has 0 bridgehead atoms. The van der Waals surface area contributed by atoms with E-state index in [1.807, 2.05) is 45.0 Å². The van der Waals surface area contributed by atoms with Crippen LogP contribution in [-0.2, 0) is 26.2 Å². The van der Waals surface area contributed by atoms with Gasteiger partial charge in [-0.15, -0.1) is 0 Å². The summed E-state index contributed by atoms with van der Waals surface area (Å²) in [6, 6.07) is 9.06. The number of carbonyl (C=O) groups excluding carboxylic acids is 2. The van der Waals surface area contributed by atoms with Gasteiger partial charge in [-0.1, -0.05) is 43.7 Å². The molecule has 0 heterocycles. The van der Waals surface area contributed by atoms with Crippen LogP contribution >= 0.6 is 0 Å². The number of carbonyl (C=O) groups is 2. The van der Waals surface area contributed by atoms with Crippen LogP contribution in [0.25, 0.3) is 0 Å². The zero-order valence-corrected chi connectivity index (χ0v) is 21.5. The van der Waals surface area contributed by atoms with Crippen molar-refractivity contribution in [1.29, 1.82) is 0 Å². The van der Waals surface area contributed by atoms with Crippen LogP contribution in [-0.4, -0.2) is 50.0 Å². The van der Waals surface area contributed by atoms with Crippen LogP contribution in [0.1, 0.15) is 44.7 Å². The number of benzene rings is 2. The van der Waals surface area contributed by atoms with E-state index in [4.69, 9.17) is 0 Å². The third kappa shape index (κ3) is 7.74. The van der Waals surface area contributed by atoms with E-state index in [1.165, 1.54) is 4.90 Å². The molecule has 2 atom stereocenters. The molecule has 0 aliphatic rings. The summed E-state index contributed by atoms with van der Waals surface area (Å²) >= 11 is 0. The minimum Gasteiger partial charge on any atom is -0.352 e. The molecule has 0 saturated heterocycles. The third-order valence-electron chi connectivity index (χ3n) is 5.73. The summed E-state index contributed by atoms with van der Waals surface area (Å²) in [4.78, 5) is 27.9. The van der Waals surface area contributed by atoms with Crippen LogP contribution in [0.15, 0.2) is 42.5 Å². The van der Waals surface area contributed by atoms with Crippen molar-refractivity contribution in [3.05, 3.63) is 65.2 Å². The van der Waals surface area contributed by atoms with Crippen molar-refractivity contribution in [2.24, 2.45) is 0 Å². The number of anilines is 1. The van der Waals surface area contributed by atoms with Crippen LogP contribution in [0.2, 0.25) is 0 Å². The Bertz CT molecular complexity index is 1140. The van der Waals surface area contributed by atoms with E-state index < -0.39 is 40.2 Å². The van der Waals surface area contributed by atoms with E-state index in [-0.39, 0.29) is 24.2 Å². The molecule has 0 aliphatic heterocycles. The highest BCUT2D eigenvalue weighted by Gasteiger charge is 2.32. The summed E-state index contributed by atoms with van der Waals surface area (Å²) in [5.74, 6) is -3.37. The zero-order valence-electron chi connectivity index (χ0n) is 20.7. The monoisotopic (exact) mass is 509 g/mol. The van der Waals surface area contributed by atoms with Gasteiger partial charge in [0.25, 0.3) is 0 Å². The number of nitrogens with one attached hydrogen (secondary N) is 1. The highest BCUT2D eigenvalue weighted by molar-refractivity contribution is 7.92. The van der Waals surface area contributed by atoms with Gasteiger partial charge >= 0.3 is 0 Å². The smallest absolute Gasteiger partial charge is 0.244 e. The largest absolute Gasteiger partial charge is 0.352 e. The number of rotatable bonds is 11. The Morgan fingerprint density at radius 1 is 1.00 bits per heavy atom. The molecule has 0 aromatic heterocycles. The van der Waals surface area contributed by atoms with Gasteiger partial charge in [0.2, 0.25) is 21.8 Å². The molecule has 7 nitrogen and oxygen atoms in total. The van der Waals surface area contributed by atoms with E-state index in [2.05, 4.69) is 5.32 Å². The molecule has 2 aromatic carbocycles. The summed E-state index contributed by atoms with van der Waals surface area (Å²) in [7, 11) is -4.03. The minimum absolute atomic E-state index is 0.0704. The Morgan fingerprint density at radius 3 is 2.14 bits per heavy atom. The van der Waals surface area contributed by atoms with Crippen molar-refractivity contribution >= 4 is 27.5 Å². The molecule has 0 saturated carbocycles. The molecule has 2 aromatic rings. The van der Waals surface area contributed by atoms with Gasteiger partial charge in [0.05, 0.1) is 11.9 Å². The second-order valence-electron chi connectivity index (χ2n) is 8.62. The van der Waals surface area contributed by atoms with Crippen LogP contribution in [0.5, 0.6) is 0 Å². The average Bonchev–Trinajstić information content (AvgIpc) is 2.79. The summed E-state index contributed by atoms with van der Waals surface area (Å²) in [5, 5.41) is 2.88. The standard InChI is InChI=1S/C25H33F2N3O4S/c1-6-18(4)28-25(32)23(7-2)29(15-19-10-8-17(3)9-11-19)24(31)16-30(35(5,33)34)20-12-13-21(26)22(27)14-20/h8-14,18,23H,6-7,15-16H2,1-5H3,(H,28,32)/t18-,23-/m0/s1. The molecule has 2 rings (SSSR count). The van der Waals surface area contributed by atoms with Gasteiger partial charge in [-0.2, -0.15) is 0 Å². The molecule has 10 heteroatoms. The SMILES string of the molecule is CC[C@H](C)NC(=O)[C@H](CC)N(Cc1ccc(C)cc1)C(=O)CN(c1ccc(F)c(F)c1)S(C)(=O)=O. The molecular weight excluding hydrogens is 476 g/mol. The van der Waals surface area contributed by atoms with Crippen molar-refractivity contribution < 1.29 is 26.8 Å². The molecule has 0 unspecified atom stereocenters. The lowest BCUT2D eigenvalue weighted by Crippen LogP contribution is -2.53. The Balaban J connectivity index is 2.45. The first kappa shape index (κ1) is 28.2. The Kier molecular flexibility index (Phi) is 9.76. The Morgan fingerprint density at radius 2 is 1.63 bits per heavy atom. The average molecular weight is 510 g/mol. The Hall–Kier alpha value is -3.01. The van der Waals surface area contributed by atoms with Gasteiger partial charge in [0.1, 0.15) is 12.6 Å². The fourth-order valence-corrected chi connectivity index (χ4v) is 4.35. The van der Waals surface area contributed by atoms with E-state index in [1.54, 1.807) is 6.92 Å². The molecule has 35 heavy (non-hydrogen) atoms. The van der Waals surface area contributed by atoms with E-state index >= 15 is 0 Å². The summed E-state index contributed by atoms with van der Waals surface area (Å²) in [5.41, 5.74) is 1.60. The molecule has 0 spiro atoms. The van der Waals surface area contributed by atoms with Crippen molar-refractivity contribution in [3.8, 4) is 0 Å². The predicted octanol–water partition coefficient (Wildman–Crippen LogP) is 3.76. The molecule has 0 aliphatic carbocycles. The number of sulfonamides is 1. The predicted molar refractivity (Wildman–Crippen MR) is 132 cm³/mol. The first-order valence-electron chi connectivity index (χ1n) is 11.5. The second-order valence-corrected chi connectivity index (χ2v) is 10.5. The maximum atomic E-state index is 13.8. The maximum absolute atomic E-state index is 13.8. The van der Waals surface area contributed by atoms with Gasteiger partial charge in [0, 0.05) is 18.7 Å². The van der Waals surface area contributed by atoms with Gasteiger partial charge in [0.15, 0.2) is 11.6 Å². The van der Waals surface area contributed by atoms with Crippen LogP contribution in [0.3, 0.4) is 0 Å². The quantitative estimate of drug-likeness (QED) is 0.500. The van der Waals surface area contributed by atoms with Crippen LogP contribution in [0, 0.1) is 18.6 Å². The third-order valence-corrected chi connectivity index (χ3v) is 6.87. The van der Waals surface area contributed by atoms with E-state index in [0.717, 1.165) is 35.6 Å². The lowest BCUT2D eigenvalue weighted by molar-refractivity contribution is -0.140. The molecule has 2 amide bonds. The Labute approximate surface area is 206 Å². The van der Waals surface area contributed by atoms with Gasteiger partial charge in [-0.25, -0.2) is 17.2 Å². The highest BCUT2D eigenvalue weighted by Crippen LogP contribution is 2.22. The maximum Gasteiger partial charge on any atom is 0.244 e. The number of amides is 2. The summed E-state index contributed by atoms with van der Waals surface area (Å²) < 4.78 is 53.0. The van der Waals surface area contributed by atoms with E-state index in [9.17, 15) is 26.8 Å². The first-order chi connectivity index (χ1) is 16.4. The summed E-state index contributed by atoms with van der Waals surface area (Å²) in [6.45, 7) is 6.86. The van der Waals surface area contributed by atoms with Gasteiger partial charge < -0.3 is 10.2 Å². The van der Waals surface area contributed by atoms with Crippen molar-refractivity contribution in [2.45, 2.75) is 59.2 Å². The number of aryl methyl sites for hydroxylation is 1. The number of hydrogen-bond donors (Lipinski definition) is 1. The lowest BCUT2D eigenvalue weighted by atomic mass is 10.1. The molecule has 192 valence electrons.